The van der Waals surface area contributed by atoms with Crippen LogP contribution < -0.4 is 5.32 Å². The third-order valence-electron chi connectivity index (χ3n) is 3.56. The largest absolute Gasteiger partial charge is 0.318 e. The summed E-state index contributed by atoms with van der Waals surface area (Å²) in [6, 6.07) is 7.23. The Morgan fingerprint density at radius 2 is 2.11 bits per heavy atom. The fourth-order valence-corrected chi connectivity index (χ4v) is 3.28. The lowest BCUT2D eigenvalue weighted by molar-refractivity contribution is 0.139. The van der Waals surface area contributed by atoms with Gasteiger partial charge in [0.1, 0.15) is 0 Å². The Bertz CT molecular complexity index is 393. The summed E-state index contributed by atoms with van der Waals surface area (Å²) in [6.07, 6.45) is 4.02. The molecule has 1 heterocycles. The molecule has 0 spiro atoms. The van der Waals surface area contributed by atoms with E-state index in [0.717, 1.165) is 22.0 Å². The highest BCUT2D eigenvalue weighted by molar-refractivity contribution is 9.13. The summed E-state index contributed by atoms with van der Waals surface area (Å²) >= 11 is 7.10. The van der Waals surface area contributed by atoms with Gasteiger partial charge in [0.25, 0.3) is 0 Å². The molecule has 1 atom stereocenters. The number of likely N-dealkylation sites (tertiary alicyclic amines) is 1. The van der Waals surface area contributed by atoms with Gasteiger partial charge >= 0.3 is 0 Å². The number of benzene rings is 1. The quantitative estimate of drug-likeness (QED) is 0.861. The average molecular weight is 376 g/mol. The molecular weight excluding hydrogens is 356 g/mol. The van der Waals surface area contributed by atoms with Gasteiger partial charge < -0.3 is 5.32 Å². The molecule has 0 radical (unpaired) electrons. The van der Waals surface area contributed by atoms with Crippen LogP contribution in [0.5, 0.6) is 0 Å². The van der Waals surface area contributed by atoms with Gasteiger partial charge in [-0.05, 0) is 76.0 Å². The van der Waals surface area contributed by atoms with Crippen molar-refractivity contribution in [2.75, 3.05) is 20.1 Å². The summed E-state index contributed by atoms with van der Waals surface area (Å²) in [4.78, 5) is 2.61. The summed E-state index contributed by atoms with van der Waals surface area (Å²) in [7, 11) is 2.04. The number of likely N-dealkylation sites (N-methyl/N-ethyl adjacent to an activating group) is 1. The Labute approximate surface area is 126 Å². The Kier molecular flexibility index (Phi) is 5.67. The Morgan fingerprint density at radius 1 is 1.28 bits per heavy atom. The highest BCUT2D eigenvalue weighted by Crippen LogP contribution is 2.26. The van der Waals surface area contributed by atoms with E-state index < -0.39 is 0 Å². The smallest absolute Gasteiger partial charge is 0.0320 e. The van der Waals surface area contributed by atoms with Gasteiger partial charge in [0.05, 0.1) is 0 Å². The van der Waals surface area contributed by atoms with E-state index in [9.17, 15) is 0 Å². The van der Waals surface area contributed by atoms with Crippen molar-refractivity contribution in [1.82, 2.24) is 10.2 Å². The number of piperidine rings is 1. The fraction of sp³-hybridized carbons (Fsp3) is 0.571. The molecule has 18 heavy (non-hydrogen) atoms. The molecule has 0 saturated carbocycles. The van der Waals surface area contributed by atoms with Crippen molar-refractivity contribution in [2.45, 2.75) is 31.8 Å². The van der Waals surface area contributed by atoms with Gasteiger partial charge in [-0.2, -0.15) is 0 Å². The minimum atomic E-state index is 0.686. The van der Waals surface area contributed by atoms with Crippen LogP contribution in [0.4, 0.5) is 0 Å². The SMILES string of the molecule is CNCC1CCCCN1Cc1ccc(Br)c(Br)c1. The minimum Gasteiger partial charge on any atom is -0.318 e. The van der Waals surface area contributed by atoms with Crippen LogP contribution in [-0.2, 0) is 6.54 Å². The number of nitrogens with one attached hydrogen (secondary N) is 1. The maximum atomic E-state index is 3.58. The third kappa shape index (κ3) is 3.80. The van der Waals surface area contributed by atoms with Crippen molar-refractivity contribution in [3.8, 4) is 0 Å². The maximum absolute atomic E-state index is 3.58. The van der Waals surface area contributed by atoms with Crippen LogP contribution in [0.2, 0.25) is 0 Å². The lowest BCUT2D eigenvalue weighted by atomic mass is 10.0. The first-order valence-corrected chi connectivity index (χ1v) is 8.12. The van der Waals surface area contributed by atoms with Crippen molar-refractivity contribution in [3.63, 3.8) is 0 Å². The molecule has 2 rings (SSSR count). The second-order valence-corrected chi connectivity index (χ2v) is 6.63. The van der Waals surface area contributed by atoms with E-state index in [2.05, 4.69) is 60.3 Å². The molecule has 1 aromatic rings. The van der Waals surface area contributed by atoms with Crippen LogP contribution in [0, 0.1) is 0 Å². The van der Waals surface area contributed by atoms with Crippen LogP contribution in [0.1, 0.15) is 24.8 Å². The number of rotatable bonds is 4. The van der Waals surface area contributed by atoms with E-state index in [1.807, 2.05) is 7.05 Å². The van der Waals surface area contributed by atoms with Gasteiger partial charge in [-0.1, -0.05) is 12.5 Å². The number of hydrogen-bond donors (Lipinski definition) is 1. The lowest BCUT2D eigenvalue weighted by Gasteiger charge is -2.35. The van der Waals surface area contributed by atoms with Crippen LogP contribution in [0.15, 0.2) is 27.1 Å². The topological polar surface area (TPSA) is 15.3 Å². The standard InChI is InChI=1S/C14H20Br2N2/c1-17-9-12-4-2-3-7-18(12)10-11-5-6-13(15)14(16)8-11/h5-6,8,12,17H,2-4,7,9-10H2,1H3. The maximum Gasteiger partial charge on any atom is 0.0320 e. The predicted molar refractivity (Wildman–Crippen MR) is 83.8 cm³/mol. The number of hydrogen-bond acceptors (Lipinski definition) is 2. The monoisotopic (exact) mass is 374 g/mol. The second-order valence-electron chi connectivity index (χ2n) is 4.93. The first-order valence-electron chi connectivity index (χ1n) is 6.53. The molecule has 0 bridgehead atoms. The van der Waals surface area contributed by atoms with Gasteiger partial charge in [-0.15, -0.1) is 0 Å². The van der Waals surface area contributed by atoms with Crippen molar-refractivity contribution >= 4 is 31.9 Å². The van der Waals surface area contributed by atoms with Gasteiger partial charge in [0.2, 0.25) is 0 Å². The minimum absolute atomic E-state index is 0.686. The van der Waals surface area contributed by atoms with Gasteiger partial charge in [0, 0.05) is 28.1 Å². The lowest BCUT2D eigenvalue weighted by Crippen LogP contribution is -2.44. The van der Waals surface area contributed by atoms with Gasteiger partial charge in [-0.25, -0.2) is 0 Å². The molecule has 0 amide bonds. The van der Waals surface area contributed by atoms with Gasteiger partial charge in [0.15, 0.2) is 0 Å². The molecule has 1 aromatic carbocycles. The molecule has 1 aliphatic rings. The zero-order chi connectivity index (χ0) is 13.0. The van der Waals surface area contributed by atoms with E-state index in [-0.39, 0.29) is 0 Å². The first kappa shape index (κ1) is 14.5. The Balaban J connectivity index is 2.03. The zero-order valence-electron chi connectivity index (χ0n) is 10.8. The van der Waals surface area contributed by atoms with Crippen molar-refractivity contribution in [1.29, 1.82) is 0 Å². The van der Waals surface area contributed by atoms with Gasteiger partial charge in [-0.3, -0.25) is 4.90 Å². The average Bonchev–Trinajstić information content (AvgIpc) is 2.37. The Morgan fingerprint density at radius 3 is 2.83 bits per heavy atom. The molecule has 1 N–H and O–H groups in total. The molecular formula is C14H20Br2N2. The van der Waals surface area contributed by atoms with E-state index in [1.165, 1.54) is 31.4 Å². The highest BCUT2D eigenvalue weighted by Gasteiger charge is 2.21. The fourth-order valence-electron chi connectivity index (χ4n) is 2.61. The molecule has 1 saturated heterocycles. The summed E-state index contributed by atoms with van der Waals surface area (Å²) in [5.41, 5.74) is 1.38. The molecule has 2 nitrogen and oxygen atoms in total. The number of nitrogens with zero attached hydrogens (tertiary/aromatic N) is 1. The van der Waals surface area contributed by atoms with E-state index in [1.54, 1.807) is 0 Å². The highest BCUT2D eigenvalue weighted by atomic mass is 79.9. The van der Waals surface area contributed by atoms with E-state index in [0.29, 0.717) is 6.04 Å². The molecule has 100 valence electrons. The van der Waals surface area contributed by atoms with Crippen LogP contribution in [0.3, 0.4) is 0 Å². The van der Waals surface area contributed by atoms with Crippen LogP contribution in [0.25, 0.3) is 0 Å². The molecule has 0 aliphatic carbocycles. The second kappa shape index (κ2) is 7.04. The molecule has 4 heteroatoms. The van der Waals surface area contributed by atoms with Crippen LogP contribution >= 0.6 is 31.9 Å². The van der Waals surface area contributed by atoms with Crippen molar-refractivity contribution < 1.29 is 0 Å². The molecule has 1 unspecified atom stereocenters. The summed E-state index contributed by atoms with van der Waals surface area (Å²) in [5, 5.41) is 3.32. The van der Waals surface area contributed by atoms with Crippen molar-refractivity contribution in [3.05, 3.63) is 32.7 Å². The van der Waals surface area contributed by atoms with E-state index >= 15 is 0 Å². The normalized spacial score (nSPS) is 21.2. The van der Waals surface area contributed by atoms with E-state index in [4.69, 9.17) is 0 Å². The summed E-state index contributed by atoms with van der Waals surface area (Å²) < 4.78 is 2.26. The predicted octanol–water partition coefficient (Wildman–Crippen LogP) is 3.79. The third-order valence-corrected chi connectivity index (χ3v) is 5.44. The zero-order valence-corrected chi connectivity index (χ0v) is 13.9. The molecule has 1 fully saturated rings. The molecule has 1 aliphatic heterocycles. The first-order chi connectivity index (χ1) is 8.70. The molecule has 0 aromatic heterocycles. The summed E-state index contributed by atoms with van der Waals surface area (Å²) in [5.74, 6) is 0. The van der Waals surface area contributed by atoms with Crippen molar-refractivity contribution in [2.24, 2.45) is 0 Å². The number of halogens is 2. The van der Waals surface area contributed by atoms with Crippen LogP contribution in [-0.4, -0.2) is 31.1 Å². The Hall–Kier alpha value is 0.1000. The summed E-state index contributed by atoms with van der Waals surface area (Å²) in [6.45, 7) is 3.37.